The first-order chi connectivity index (χ1) is 9.35. The minimum Gasteiger partial charge on any atom is -0.369 e. The van der Waals surface area contributed by atoms with E-state index in [1.807, 2.05) is 10.8 Å². The standard InChI is InChI=1S/C13H14F3N3S/c1-20-12(4-5-12)7-19-10-3-2-8(13(14,15)16)6-9(10)18-11(19)17/h2-3,6H,4-5,7H2,1H3,(H2,17,18). The SMILES string of the molecule is CSC1(Cn2c(N)nc3cc(C(F)(F)F)ccc32)CC1. The number of aromatic nitrogens is 2. The lowest BCUT2D eigenvalue weighted by Gasteiger charge is -2.14. The van der Waals surface area contributed by atoms with Gasteiger partial charge in [0.15, 0.2) is 0 Å². The van der Waals surface area contributed by atoms with E-state index in [1.165, 1.54) is 6.07 Å². The third-order valence-electron chi connectivity index (χ3n) is 3.79. The molecule has 1 saturated carbocycles. The summed E-state index contributed by atoms with van der Waals surface area (Å²) in [6, 6.07) is 3.59. The summed E-state index contributed by atoms with van der Waals surface area (Å²) in [5.41, 5.74) is 6.13. The number of hydrogen-bond acceptors (Lipinski definition) is 3. The van der Waals surface area contributed by atoms with Crippen molar-refractivity contribution >= 4 is 28.7 Å². The molecule has 1 heterocycles. The van der Waals surface area contributed by atoms with Gasteiger partial charge >= 0.3 is 6.18 Å². The lowest BCUT2D eigenvalue weighted by atomic mass is 10.2. The minimum atomic E-state index is -4.36. The van der Waals surface area contributed by atoms with Crippen molar-refractivity contribution in [3.63, 3.8) is 0 Å². The van der Waals surface area contributed by atoms with Gasteiger partial charge in [-0.05, 0) is 37.3 Å². The summed E-state index contributed by atoms with van der Waals surface area (Å²) >= 11 is 1.78. The highest BCUT2D eigenvalue weighted by Crippen LogP contribution is 2.49. The molecular weight excluding hydrogens is 287 g/mol. The fourth-order valence-corrected chi connectivity index (χ4v) is 3.11. The first kappa shape index (κ1) is 13.6. The highest BCUT2D eigenvalue weighted by atomic mass is 32.2. The molecule has 3 rings (SSSR count). The molecule has 0 amide bonds. The summed E-state index contributed by atoms with van der Waals surface area (Å²) in [6.07, 6.45) is -0.102. The van der Waals surface area contributed by atoms with Crippen LogP contribution in [0.15, 0.2) is 18.2 Å². The molecule has 0 aliphatic heterocycles. The van der Waals surface area contributed by atoms with E-state index in [0.717, 1.165) is 25.0 Å². The highest BCUT2D eigenvalue weighted by Gasteiger charge is 2.43. The molecular formula is C13H14F3N3S. The molecule has 1 aliphatic rings. The predicted octanol–water partition coefficient (Wildman–Crippen LogP) is 3.53. The predicted molar refractivity (Wildman–Crippen MR) is 74.6 cm³/mol. The van der Waals surface area contributed by atoms with E-state index in [1.54, 1.807) is 11.8 Å². The molecule has 108 valence electrons. The topological polar surface area (TPSA) is 43.8 Å². The van der Waals surface area contributed by atoms with E-state index in [0.29, 0.717) is 17.6 Å². The van der Waals surface area contributed by atoms with Gasteiger partial charge in [-0.3, -0.25) is 0 Å². The average molecular weight is 301 g/mol. The van der Waals surface area contributed by atoms with Crippen LogP contribution >= 0.6 is 11.8 Å². The first-order valence-corrected chi connectivity index (χ1v) is 7.45. The Morgan fingerprint density at radius 1 is 1.40 bits per heavy atom. The summed E-state index contributed by atoms with van der Waals surface area (Å²) in [5, 5.41) is 0. The smallest absolute Gasteiger partial charge is 0.369 e. The van der Waals surface area contributed by atoms with Gasteiger partial charge in [-0.25, -0.2) is 4.98 Å². The van der Waals surface area contributed by atoms with Crippen LogP contribution in [0.2, 0.25) is 0 Å². The Balaban J connectivity index is 2.04. The maximum Gasteiger partial charge on any atom is 0.416 e. The van der Waals surface area contributed by atoms with Gasteiger partial charge in [0.25, 0.3) is 0 Å². The van der Waals surface area contributed by atoms with Crippen LogP contribution in [-0.2, 0) is 12.7 Å². The molecule has 0 bridgehead atoms. The van der Waals surface area contributed by atoms with Gasteiger partial charge in [-0.15, -0.1) is 0 Å². The van der Waals surface area contributed by atoms with Crippen LogP contribution in [0.4, 0.5) is 19.1 Å². The zero-order valence-electron chi connectivity index (χ0n) is 10.9. The van der Waals surface area contributed by atoms with Crippen molar-refractivity contribution < 1.29 is 13.2 Å². The van der Waals surface area contributed by atoms with Gasteiger partial charge in [0.2, 0.25) is 5.95 Å². The Bertz CT molecular complexity index is 659. The second-order valence-corrected chi connectivity index (χ2v) is 6.42. The zero-order valence-corrected chi connectivity index (χ0v) is 11.7. The maximum absolute atomic E-state index is 12.7. The second kappa shape index (κ2) is 4.31. The molecule has 0 radical (unpaired) electrons. The number of rotatable bonds is 3. The Kier molecular flexibility index (Phi) is 2.93. The molecule has 1 aromatic carbocycles. The van der Waals surface area contributed by atoms with Gasteiger partial charge in [0.1, 0.15) is 0 Å². The fourth-order valence-electron chi connectivity index (χ4n) is 2.35. The van der Waals surface area contributed by atoms with Crippen LogP contribution in [0.3, 0.4) is 0 Å². The number of anilines is 1. The van der Waals surface area contributed by atoms with Gasteiger partial charge in [-0.2, -0.15) is 24.9 Å². The van der Waals surface area contributed by atoms with Crippen molar-refractivity contribution in [1.82, 2.24) is 9.55 Å². The van der Waals surface area contributed by atoms with E-state index in [2.05, 4.69) is 4.98 Å². The zero-order chi connectivity index (χ0) is 14.5. The highest BCUT2D eigenvalue weighted by molar-refractivity contribution is 8.00. The van der Waals surface area contributed by atoms with Crippen molar-refractivity contribution in [1.29, 1.82) is 0 Å². The van der Waals surface area contributed by atoms with Crippen molar-refractivity contribution in [3.8, 4) is 0 Å². The molecule has 7 heteroatoms. The Morgan fingerprint density at radius 3 is 2.65 bits per heavy atom. The number of alkyl halides is 3. The van der Waals surface area contributed by atoms with Gasteiger partial charge in [-0.1, -0.05) is 0 Å². The summed E-state index contributed by atoms with van der Waals surface area (Å²) < 4.78 is 40.1. The van der Waals surface area contributed by atoms with E-state index in [-0.39, 0.29) is 10.7 Å². The number of benzene rings is 1. The number of nitrogens with zero attached hydrogens (tertiary/aromatic N) is 2. The summed E-state index contributed by atoms with van der Waals surface area (Å²) in [7, 11) is 0. The number of nitrogens with two attached hydrogens (primary N) is 1. The number of imidazole rings is 1. The Hall–Kier alpha value is -1.37. The van der Waals surface area contributed by atoms with E-state index in [4.69, 9.17) is 5.73 Å². The fraction of sp³-hybridized carbons (Fsp3) is 0.462. The molecule has 3 nitrogen and oxygen atoms in total. The van der Waals surface area contributed by atoms with Crippen molar-refractivity contribution in [2.75, 3.05) is 12.0 Å². The third-order valence-corrected chi connectivity index (χ3v) is 5.20. The lowest BCUT2D eigenvalue weighted by Crippen LogP contribution is -2.15. The normalized spacial score (nSPS) is 17.6. The maximum atomic E-state index is 12.7. The molecule has 0 saturated heterocycles. The molecule has 1 aromatic heterocycles. The first-order valence-electron chi connectivity index (χ1n) is 6.23. The van der Waals surface area contributed by atoms with Crippen LogP contribution in [-0.4, -0.2) is 20.6 Å². The van der Waals surface area contributed by atoms with Gasteiger partial charge < -0.3 is 10.3 Å². The summed E-state index contributed by atoms with van der Waals surface area (Å²) in [6.45, 7) is 0.696. The Labute approximate surface area is 118 Å². The quantitative estimate of drug-likeness (QED) is 0.943. The average Bonchev–Trinajstić information content (AvgIpc) is 3.09. The molecule has 1 aliphatic carbocycles. The van der Waals surface area contributed by atoms with Crippen LogP contribution < -0.4 is 5.73 Å². The third kappa shape index (κ3) is 2.24. The summed E-state index contributed by atoms with van der Waals surface area (Å²) in [4.78, 5) is 4.06. The Morgan fingerprint density at radius 2 is 2.10 bits per heavy atom. The van der Waals surface area contributed by atoms with Crippen LogP contribution in [0, 0.1) is 0 Å². The van der Waals surface area contributed by atoms with E-state index in [9.17, 15) is 13.2 Å². The molecule has 1 fully saturated rings. The number of thioether (sulfide) groups is 1. The molecule has 2 aromatic rings. The van der Waals surface area contributed by atoms with Gasteiger partial charge in [0, 0.05) is 11.3 Å². The number of fused-ring (bicyclic) bond motifs is 1. The molecule has 20 heavy (non-hydrogen) atoms. The second-order valence-electron chi connectivity index (χ2n) is 5.14. The van der Waals surface area contributed by atoms with E-state index >= 15 is 0 Å². The molecule has 0 spiro atoms. The van der Waals surface area contributed by atoms with Gasteiger partial charge in [0.05, 0.1) is 16.6 Å². The van der Waals surface area contributed by atoms with Crippen molar-refractivity contribution in [3.05, 3.63) is 23.8 Å². The lowest BCUT2D eigenvalue weighted by molar-refractivity contribution is -0.137. The molecule has 0 atom stereocenters. The number of halogens is 3. The van der Waals surface area contributed by atoms with Crippen LogP contribution in [0.1, 0.15) is 18.4 Å². The van der Waals surface area contributed by atoms with Crippen molar-refractivity contribution in [2.45, 2.75) is 30.3 Å². The van der Waals surface area contributed by atoms with Crippen LogP contribution in [0.5, 0.6) is 0 Å². The molecule has 2 N–H and O–H groups in total. The summed E-state index contributed by atoms with van der Waals surface area (Å²) in [5.74, 6) is 0.277. The largest absolute Gasteiger partial charge is 0.416 e. The minimum absolute atomic E-state index is 0.171. The monoisotopic (exact) mass is 301 g/mol. The number of nitrogen functional groups attached to an aromatic ring is 1. The number of hydrogen-bond donors (Lipinski definition) is 1. The van der Waals surface area contributed by atoms with Crippen LogP contribution in [0.25, 0.3) is 11.0 Å². The van der Waals surface area contributed by atoms with E-state index < -0.39 is 11.7 Å². The molecule has 0 unspecified atom stereocenters. The van der Waals surface area contributed by atoms with Crippen molar-refractivity contribution in [2.24, 2.45) is 0 Å².